The van der Waals surface area contributed by atoms with Crippen LogP contribution in [0.1, 0.15) is 34.1 Å². The van der Waals surface area contributed by atoms with Crippen molar-refractivity contribution in [2.45, 2.75) is 13.5 Å². The van der Waals surface area contributed by atoms with Gasteiger partial charge in [-0.2, -0.15) is 0 Å². The molecule has 1 heterocycles. The highest BCUT2D eigenvalue weighted by atomic mass is 32.2. The smallest absolute Gasteiger partial charge is 0.261 e. The number of hydrogen-bond donors (Lipinski definition) is 2. The number of aromatic nitrogens is 2. The van der Waals surface area contributed by atoms with Crippen LogP contribution in [0.25, 0.3) is 10.5 Å². The molecular formula is C32H29F2N5OS. The van der Waals surface area contributed by atoms with Crippen molar-refractivity contribution in [2.75, 3.05) is 24.7 Å². The van der Waals surface area contributed by atoms with Gasteiger partial charge >= 0.3 is 0 Å². The Labute approximate surface area is 242 Å². The summed E-state index contributed by atoms with van der Waals surface area (Å²) in [5, 5.41) is 7.60. The summed E-state index contributed by atoms with van der Waals surface area (Å²) in [5.41, 5.74) is 6.87. The van der Waals surface area contributed by atoms with Crippen molar-refractivity contribution in [1.82, 2.24) is 14.9 Å². The summed E-state index contributed by atoms with van der Waals surface area (Å²) < 4.78 is 28.2. The van der Waals surface area contributed by atoms with E-state index in [0.717, 1.165) is 46.0 Å². The molecule has 0 fully saturated rings. The molecule has 0 aliphatic heterocycles. The lowest BCUT2D eigenvalue weighted by atomic mass is 10.0. The Morgan fingerprint density at radius 3 is 2.46 bits per heavy atom. The number of amides is 1. The molecule has 2 N–H and O–H groups in total. The maximum Gasteiger partial charge on any atom is 0.261 e. The lowest BCUT2D eigenvalue weighted by Gasteiger charge is -2.14. The lowest BCUT2D eigenvalue weighted by molar-refractivity contribution is 0.101. The van der Waals surface area contributed by atoms with E-state index < -0.39 is 23.1 Å². The number of thioether (sulfide) groups is 1. The zero-order valence-electron chi connectivity index (χ0n) is 22.9. The van der Waals surface area contributed by atoms with E-state index in [1.807, 2.05) is 45.3 Å². The minimum Gasteiger partial charge on any atom is -0.324 e. The summed E-state index contributed by atoms with van der Waals surface area (Å²) >= 11 is 1.39. The Morgan fingerprint density at radius 2 is 1.73 bits per heavy atom. The minimum atomic E-state index is -0.928. The normalized spacial score (nSPS) is 11.5. The third kappa shape index (κ3) is 7.77. The summed E-state index contributed by atoms with van der Waals surface area (Å²) in [6, 6.07) is 20.2. The van der Waals surface area contributed by atoms with Gasteiger partial charge in [-0.25, -0.2) is 18.7 Å². The van der Waals surface area contributed by atoms with Crippen LogP contribution < -0.4 is 10.6 Å². The number of anilines is 3. The molecule has 0 unspecified atom stereocenters. The fourth-order valence-corrected chi connectivity index (χ4v) is 4.83. The monoisotopic (exact) mass is 569 g/mol. The fourth-order valence-electron chi connectivity index (χ4n) is 4.10. The molecule has 0 atom stereocenters. The highest BCUT2D eigenvalue weighted by Gasteiger charge is 2.18. The van der Waals surface area contributed by atoms with Gasteiger partial charge in [-0.15, -0.1) is 5.73 Å². The molecule has 0 aliphatic carbocycles. The number of allylic oxidation sites excluding steroid dienone is 1. The summed E-state index contributed by atoms with van der Waals surface area (Å²) in [5.74, 6) is -2.29. The molecule has 0 saturated heterocycles. The molecule has 0 spiro atoms. The van der Waals surface area contributed by atoms with Crippen LogP contribution in [-0.4, -0.2) is 34.9 Å². The third-order valence-corrected chi connectivity index (χ3v) is 6.95. The zero-order chi connectivity index (χ0) is 29.4. The van der Waals surface area contributed by atoms with Gasteiger partial charge in [0.05, 0.1) is 5.69 Å². The predicted molar refractivity (Wildman–Crippen MR) is 164 cm³/mol. The average Bonchev–Trinajstić information content (AvgIpc) is 2.93. The number of rotatable bonds is 10. The second-order valence-electron chi connectivity index (χ2n) is 9.35. The zero-order valence-corrected chi connectivity index (χ0v) is 23.7. The summed E-state index contributed by atoms with van der Waals surface area (Å²) in [7, 11) is 4.04. The van der Waals surface area contributed by atoms with Crippen LogP contribution in [0.4, 0.5) is 26.1 Å². The molecule has 1 aromatic heterocycles. The van der Waals surface area contributed by atoms with E-state index in [2.05, 4.69) is 45.0 Å². The van der Waals surface area contributed by atoms with Crippen LogP contribution >= 0.6 is 11.8 Å². The quantitative estimate of drug-likeness (QED) is 0.191. The maximum atomic E-state index is 14.1. The first-order chi connectivity index (χ1) is 19.7. The van der Waals surface area contributed by atoms with E-state index >= 15 is 0 Å². The Bertz CT molecular complexity index is 1630. The predicted octanol–water partition coefficient (Wildman–Crippen LogP) is 7.73. The molecule has 208 valence electrons. The van der Waals surface area contributed by atoms with Gasteiger partial charge in [-0.3, -0.25) is 4.79 Å². The minimum absolute atomic E-state index is 0.390. The Hall–Kier alpha value is -4.56. The largest absolute Gasteiger partial charge is 0.324 e. The third-order valence-electron chi connectivity index (χ3n) is 5.91. The van der Waals surface area contributed by atoms with E-state index in [1.54, 1.807) is 29.8 Å². The van der Waals surface area contributed by atoms with Gasteiger partial charge in [0.15, 0.2) is 0 Å². The molecule has 0 radical (unpaired) electrons. The standard InChI is InChI=1S/C32H29F2N5OS/c1-5-17-41-30(28-15-16-35-32(38-28)37-24-11-6-9-22(18-24)20-39(3)4)21(2)23-10-7-12-25(19-23)36-31(40)29-26(33)13-8-14-27(29)34/h6-19H,1,20H2,2-4H3,(H,36,40)(H,35,37,38)/b30-21+. The first-order valence-electron chi connectivity index (χ1n) is 12.7. The van der Waals surface area contributed by atoms with E-state index in [4.69, 9.17) is 4.98 Å². The number of nitrogens with zero attached hydrogens (tertiary/aromatic N) is 3. The summed E-state index contributed by atoms with van der Waals surface area (Å²) in [6.45, 7) is 6.40. The van der Waals surface area contributed by atoms with Gasteiger partial charge < -0.3 is 15.5 Å². The Morgan fingerprint density at radius 1 is 1.02 bits per heavy atom. The number of carbonyl (C=O) groups excluding carboxylic acids is 1. The first kappa shape index (κ1) is 29.4. The van der Waals surface area contributed by atoms with Gasteiger partial charge in [0.2, 0.25) is 5.95 Å². The molecular weight excluding hydrogens is 540 g/mol. The SMILES string of the molecule is C=C=CS/C(=C(\C)c1cccc(NC(=O)c2c(F)cccc2F)c1)c1ccnc(Nc2cccc(CN(C)C)c2)n1. The van der Waals surface area contributed by atoms with Crippen LogP contribution in [0.5, 0.6) is 0 Å². The molecule has 1 amide bonds. The molecule has 4 rings (SSSR count). The van der Waals surface area contributed by atoms with Crippen LogP contribution in [-0.2, 0) is 6.54 Å². The van der Waals surface area contributed by atoms with Crippen LogP contribution in [0.15, 0.2) is 96.7 Å². The molecule has 3 aromatic carbocycles. The van der Waals surface area contributed by atoms with E-state index in [1.165, 1.54) is 17.8 Å². The van der Waals surface area contributed by atoms with Crippen molar-refractivity contribution in [3.8, 4) is 0 Å². The van der Waals surface area contributed by atoms with Gasteiger partial charge in [0.25, 0.3) is 5.91 Å². The van der Waals surface area contributed by atoms with Crippen molar-refractivity contribution >= 4 is 45.5 Å². The van der Waals surface area contributed by atoms with Crippen LogP contribution in [0, 0.1) is 11.6 Å². The average molecular weight is 570 g/mol. The van der Waals surface area contributed by atoms with E-state index in [9.17, 15) is 13.6 Å². The topological polar surface area (TPSA) is 70.2 Å². The highest BCUT2D eigenvalue weighted by Crippen LogP contribution is 2.36. The molecule has 9 heteroatoms. The van der Waals surface area contributed by atoms with Crippen molar-refractivity contribution in [1.29, 1.82) is 0 Å². The number of nitrogens with one attached hydrogen (secondary N) is 2. The maximum absolute atomic E-state index is 14.1. The van der Waals surface area contributed by atoms with Gasteiger partial charge in [0, 0.05) is 34.4 Å². The van der Waals surface area contributed by atoms with Gasteiger partial charge in [-0.1, -0.05) is 48.7 Å². The Kier molecular flexibility index (Phi) is 9.81. The molecule has 41 heavy (non-hydrogen) atoms. The van der Waals surface area contributed by atoms with Crippen molar-refractivity contribution < 1.29 is 13.6 Å². The van der Waals surface area contributed by atoms with Crippen LogP contribution in [0.3, 0.4) is 0 Å². The van der Waals surface area contributed by atoms with E-state index in [0.29, 0.717) is 17.3 Å². The molecule has 0 saturated carbocycles. The fraction of sp³-hybridized carbons (Fsp3) is 0.125. The number of halogens is 2. The molecule has 6 nitrogen and oxygen atoms in total. The molecule has 4 aromatic rings. The lowest BCUT2D eigenvalue weighted by Crippen LogP contribution is -2.15. The first-order valence-corrected chi connectivity index (χ1v) is 13.5. The highest BCUT2D eigenvalue weighted by molar-refractivity contribution is 8.11. The van der Waals surface area contributed by atoms with E-state index in [-0.39, 0.29) is 0 Å². The Balaban J connectivity index is 1.64. The van der Waals surface area contributed by atoms with Crippen LogP contribution in [0.2, 0.25) is 0 Å². The molecule has 0 bridgehead atoms. The number of hydrogen-bond acceptors (Lipinski definition) is 6. The summed E-state index contributed by atoms with van der Waals surface area (Å²) in [6.07, 6.45) is 1.68. The number of carbonyl (C=O) groups is 1. The number of benzene rings is 3. The van der Waals surface area contributed by atoms with Crippen molar-refractivity contribution in [2.24, 2.45) is 0 Å². The molecule has 0 aliphatic rings. The van der Waals surface area contributed by atoms with Crippen molar-refractivity contribution in [3.63, 3.8) is 0 Å². The van der Waals surface area contributed by atoms with Crippen molar-refractivity contribution in [3.05, 3.63) is 131 Å². The van der Waals surface area contributed by atoms with Gasteiger partial charge in [0.1, 0.15) is 17.2 Å². The second-order valence-corrected chi connectivity index (χ2v) is 10.2. The summed E-state index contributed by atoms with van der Waals surface area (Å²) in [4.78, 5) is 24.7. The van der Waals surface area contributed by atoms with Gasteiger partial charge in [-0.05, 0) is 80.2 Å². The second kappa shape index (κ2) is 13.7.